The lowest BCUT2D eigenvalue weighted by Crippen LogP contribution is -2.36. The Morgan fingerprint density at radius 1 is 1.12 bits per heavy atom. The number of hydrogen-bond acceptors (Lipinski definition) is 3. The summed E-state index contributed by atoms with van der Waals surface area (Å²) in [5.41, 5.74) is 3.13. The lowest BCUT2D eigenvalue weighted by molar-refractivity contribution is 0.0954. The van der Waals surface area contributed by atoms with Crippen molar-refractivity contribution in [3.8, 4) is 0 Å². The van der Waals surface area contributed by atoms with Gasteiger partial charge in [0.05, 0.1) is 13.2 Å². The highest BCUT2D eigenvalue weighted by Crippen LogP contribution is 2.17. The van der Waals surface area contributed by atoms with Gasteiger partial charge in [-0.05, 0) is 42.3 Å². The van der Waals surface area contributed by atoms with Crippen LogP contribution in [0.5, 0.6) is 0 Å². The molecule has 1 fully saturated rings. The van der Waals surface area contributed by atoms with Crippen LogP contribution >= 0.6 is 15.9 Å². The number of carbonyl (C=O) groups is 1. The molecule has 1 amide bonds. The van der Waals surface area contributed by atoms with Gasteiger partial charge in [0.2, 0.25) is 0 Å². The summed E-state index contributed by atoms with van der Waals surface area (Å²) in [6.07, 6.45) is 0.823. The molecule has 1 saturated heterocycles. The number of nitrogens with one attached hydrogen (secondary N) is 1. The first-order chi connectivity index (χ1) is 11.7. The van der Waals surface area contributed by atoms with Gasteiger partial charge in [0.15, 0.2) is 0 Å². The van der Waals surface area contributed by atoms with Gasteiger partial charge in [-0.25, -0.2) is 0 Å². The Morgan fingerprint density at radius 2 is 1.88 bits per heavy atom. The van der Waals surface area contributed by atoms with Crippen LogP contribution in [0, 0.1) is 0 Å². The molecule has 126 valence electrons. The van der Waals surface area contributed by atoms with Crippen LogP contribution in [-0.2, 0) is 11.2 Å². The number of amides is 1. The van der Waals surface area contributed by atoms with Crippen LogP contribution in [-0.4, -0.2) is 38.8 Å². The molecule has 1 N–H and O–H groups in total. The van der Waals surface area contributed by atoms with Gasteiger partial charge in [0, 0.05) is 35.4 Å². The van der Waals surface area contributed by atoms with E-state index in [9.17, 15) is 4.79 Å². The van der Waals surface area contributed by atoms with Gasteiger partial charge in [-0.3, -0.25) is 4.79 Å². The Morgan fingerprint density at radius 3 is 2.58 bits per heavy atom. The van der Waals surface area contributed by atoms with Crippen molar-refractivity contribution < 1.29 is 9.53 Å². The highest BCUT2D eigenvalue weighted by molar-refractivity contribution is 9.10. The van der Waals surface area contributed by atoms with Crippen LogP contribution in [0.15, 0.2) is 53.0 Å². The smallest absolute Gasteiger partial charge is 0.251 e. The summed E-state index contributed by atoms with van der Waals surface area (Å²) in [4.78, 5) is 14.4. The molecule has 1 aliphatic heterocycles. The highest BCUT2D eigenvalue weighted by atomic mass is 79.9. The molecule has 0 unspecified atom stereocenters. The van der Waals surface area contributed by atoms with Crippen molar-refractivity contribution in [2.75, 3.05) is 37.7 Å². The molecule has 0 spiro atoms. The van der Waals surface area contributed by atoms with Crippen LogP contribution < -0.4 is 10.2 Å². The van der Waals surface area contributed by atoms with Crippen molar-refractivity contribution in [3.63, 3.8) is 0 Å². The maximum atomic E-state index is 12.1. The minimum absolute atomic E-state index is 0.0405. The lowest BCUT2D eigenvalue weighted by Gasteiger charge is -2.28. The summed E-state index contributed by atoms with van der Waals surface area (Å²) in [6, 6.07) is 16.0. The van der Waals surface area contributed by atoms with E-state index in [-0.39, 0.29) is 5.91 Å². The summed E-state index contributed by atoms with van der Waals surface area (Å²) in [5.74, 6) is -0.0405. The third-order valence-corrected chi connectivity index (χ3v) is 4.59. The van der Waals surface area contributed by atoms with Crippen molar-refractivity contribution in [3.05, 3.63) is 64.1 Å². The van der Waals surface area contributed by atoms with Gasteiger partial charge < -0.3 is 15.0 Å². The van der Waals surface area contributed by atoms with Crippen LogP contribution in [0.2, 0.25) is 0 Å². The zero-order valence-electron chi connectivity index (χ0n) is 13.5. The lowest BCUT2D eigenvalue weighted by atomic mass is 10.1. The second kappa shape index (κ2) is 8.31. The third-order valence-electron chi connectivity index (χ3n) is 4.10. The molecule has 2 aromatic carbocycles. The van der Waals surface area contributed by atoms with E-state index in [4.69, 9.17) is 4.74 Å². The van der Waals surface area contributed by atoms with Crippen LogP contribution in [0.4, 0.5) is 5.69 Å². The molecule has 0 bridgehead atoms. The Labute approximate surface area is 150 Å². The van der Waals surface area contributed by atoms with Gasteiger partial charge in [-0.2, -0.15) is 0 Å². The third kappa shape index (κ3) is 4.58. The maximum absolute atomic E-state index is 12.1. The summed E-state index contributed by atoms with van der Waals surface area (Å²) >= 11 is 3.38. The molecule has 2 aromatic rings. The Balaban J connectivity index is 1.49. The van der Waals surface area contributed by atoms with E-state index in [1.165, 1.54) is 11.3 Å². The number of benzene rings is 2. The van der Waals surface area contributed by atoms with Crippen molar-refractivity contribution in [1.82, 2.24) is 5.32 Å². The summed E-state index contributed by atoms with van der Waals surface area (Å²) in [7, 11) is 0. The number of ether oxygens (including phenoxy) is 1. The number of anilines is 1. The van der Waals surface area contributed by atoms with Gasteiger partial charge >= 0.3 is 0 Å². The first-order valence-corrected chi connectivity index (χ1v) is 8.97. The van der Waals surface area contributed by atoms with Crippen LogP contribution in [0.3, 0.4) is 0 Å². The molecule has 1 heterocycles. The molecule has 24 heavy (non-hydrogen) atoms. The van der Waals surface area contributed by atoms with Crippen molar-refractivity contribution in [2.24, 2.45) is 0 Å². The number of carbonyl (C=O) groups excluding carboxylic acids is 1. The monoisotopic (exact) mass is 388 g/mol. The molecule has 0 saturated carbocycles. The number of halogens is 1. The predicted molar refractivity (Wildman–Crippen MR) is 99.7 cm³/mol. The average Bonchev–Trinajstić information content (AvgIpc) is 2.63. The minimum Gasteiger partial charge on any atom is -0.378 e. The molecule has 4 nitrogen and oxygen atoms in total. The first kappa shape index (κ1) is 17.0. The normalized spacial score (nSPS) is 14.5. The molecule has 0 radical (unpaired) electrons. The molecule has 1 aliphatic rings. The summed E-state index contributed by atoms with van der Waals surface area (Å²) in [6.45, 7) is 4.11. The van der Waals surface area contributed by atoms with Gasteiger partial charge in [0.25, 0.3) is 5.91 Å². The number of nitrogens with zero attached hydrogens (tertiary/aromatic N) is 1. The van der Waals surface area contributed by atoms with E-state index in [0.717, 1.165) is 37.2 Å². The molecule has 3 rings (SSSR count). The van der Waals surface area contributed by atoms with Crippen LogP contribution in [0.1, 0.15) is 15.9 Å². The SMILES string of the molecule is O=C(NCCc1ccc(N2CCOCC2)cc1)c1cccc(Br)c1. The van der Waals surface area contributed by atoms with E-state index in [2.05, 4.69) is 50.4 Å². The predicted octanol–water partition coefficient (Wildman–Crippen LogP) is 3.26. The van der Waals surface area contributed by atoms with E-state index in [1.54, 1.807) is 0 Å². The molecule has 0 atom stereocenters. The van der Waals surface area contributed by atoms with Gasteiger partial charge in [-0.15, -0.1) is 0 Å². The molecular formula is C19H21BrN2O2. The highest BCUT2D eigenvalue weighted by Gasteiger charge is 2.10. The maximum Gasteiger partial charge on any atom is 0.251 e. The molecule has 0 aliphatic carbocycles. The van der Waals surface area contributed by atoms with E-state index in [1.807, 2.05) is 24.3 Å². The van der Waals surface area contributed by atoms with Crippen molar-refractivity contribution in [2.45, 2.75) is 6.42 Å². The second-order valence-corrected chi connectivity index (χ2v) is 6.70. The van der Waals surface area contributed by atoms with E-state index >= 15 is 0 Å². The van der Waals surface area contributed by atoms with E-state index in [0.29, 0.717) is 12.1 Å². The Kier molecular flexibility index (Phi) is 5.88. The summed E-state index contributed by atoms with van der Waals surface area (Å²) in [5, 5.41) is 2.97. The second-order valence-electron chi connectivity index (χ2n) is 5.78. The molecular weight excluding hydrogens is 368 g/mol. The largest absolute Gasteiger partial charge is 0.378 e. The standard InChI is InChI=1S/C19H21BrN2O2/c20-17-3-1-2-16(14-17)19(23)21-9-8-15-4-6-18(7-5-15)22-10-12-24-13-11-22/h1-7,14H,8-13H2,(H,21,23). The first-order valence-electron chi connectivity index (χ1n) is 8.18. The van der Waals surface area contributed by atoms with Crippen LogP contribution in [0.25, 0.3) is 0 Å². The number of morpholine rings is 1. The fourth-order valence-corrected chi connectivity index (χ4v) is 3.15. The summed E-state index contributed by atoms with van der Waals surface area (Å²) < 4.78 is 6.29. The van der Waals surface area contributed by atoms with Gasteiger partial charge in [-0.1, -0.05) is 34.1 Å². The van der Waals surface area contributed by atoms with Crippen molar-refractivity contribution >= 4 is 27.5 Å². The number of hydrogen-bond donors (Lipinski definition) is 1. The zero-order valence-corrected chi connectivity index (χ0v) is 15.1. The molecule has 0 aromatic heterocycles. The fraction of sp³-hybridized carbons (Fsp3) is 0.316. The Hall–Kier alpha value is -1.85. The average molecular weight is 389 g/mol. The minimum atomic E-state index is -0.0405. The Bertz CT molecular complexity index is 682. The van der Waals surface area contributed by atoms with Gasteiger partial charge in [0.1, 0.15) is 0 Å². The topological polar surface area (TPSA) is 41.6 Å². The number of rotatable bonds is 5. The zero-order chi connectivity index (χ0) is 16.8. The molecule has 5 heteroatoms. The fourth-order valence-electron chi connectivity index (χ4n) is 2.75. The van der Waals surface area contributed by atoms with E-state index < -0.39 is 0 Å². The van der Waals surface area contributed by atoms with Crippen molar-refractivity contribution in [1.29, 1.82) is 0 Å². The quantitative estimate of drug-likeness (QED) is 0.854.